The number of fused-ring (bicyclic) bond motifs is 1. The smallest absolute Gasteiger partial charge is 0.370 e. The van der Waals surface area contributed by atoms with Gasteiger partial charge in [0.2, 0.25) is 0 Å². The Morgan fingerprint density at radius 1 is 1.02 bits per heavy atom. The molecule has 1 unspecified atom stereocenters. The first-order valence-electron chi connectivity index (χ1n) is 14.0. The molecule has 14 heteroatoms. The molecule has 2 fully saturated rings. The van der Waals surface area contributed by atoms with E-state index in [1.165, 1.54) is 35.9 Å². The maximum Gasteiger partial charge on any atom is 0.416 e. The summed E-state index contributed by atoms with van der Waals surface area (Å²) in [5, 5.41) is 9.98. The summed E-state index contributed by atoms with van der Waals surface area (Å²) in [6, 6.07) is 7.32. The molecule has 9 nitrogen and oxygen atoms in total. The summed E-state index contributed by atoms with van der Waals surface area (Å²) in [4.78, 5) is 38.7. The minimum absolute atomic E-state index is 0.0907. The molecule has 2 aromatic heterocycles. The zero-order valence-corrected chi connectivity index (χ0v) is 24.7. The Balaban J connectivity index is 1.21. The van der Waals surface area contributed by atoms with Crippen LogP contribution in [-0.2, 0) is 6.18 Å². The highest BCUT2D eigenvalue weighted by atomic mass is 32.1. The Morgan fingerprint density at radius 2 is 1.82 bits per heavy atom. The van der Waals surface area contributed by atoms with Crippen LogP contribution in [-0.4, -0.2) is 66.0 Å². The van der Waals surface area contributed by atoms with Gasteiger partial charge in [0, 0.05) is 47.5 Å². The maximum atomic E-state index is 14.8. The van der Waals surface area contributed by atoms with E-state index in [9.17, 15) is 27.2 Å². The molecule has 230 valence electrons. The number of anilines is 4. The Kier molecular flexibility index (Phi) is 7.88. The summed E-state index contributed by atoms with van der Waals surface area (Å²) in [7, 11) is 3.83. The molecular weight excluding hydrogens is 598 g/mol. The molecule has 1 aliphatic carbocycles. The summed E-state index contributed by atoms with van der Waals surface area (Å²) >= 11 is 1.29. The first-order chi connectivity index (χ1) is 21.0. The van der Waals surface area contributed by atoms with Gasteiger partial charge >= 0.3 is 6.18 Å². The molecule has 44 heavy (non-hydrogen) atoms. The number of rotatable bonds is 8. The molecule has 4 aromatic rings. The number of hydrogen-bond acceptors (Lipinski definition) is 8. The van der Waals surface area contributed by atoms with E-state index in [0.29, 0.717) is 40.9 Å². The second-order valence-electron chi connectivity index (χ2n) is 11.2. The fraction of sp³-hybridized carbons (Fsp3) is 0.333. The van der Waals surface area contributed by atoms with Crippen LogP contribution in [0.25, 0.3) is 10.2 Å². The van der Waals surface area contributed by atoms with Gasteiger partial charge in [-0.25, -0.2) is 14.4 Å². The van der Waals surface area contributed by atoms with Gasteiger partial charge in [0.25, 0.3) is 11.8 Å². The molecule has 2 aromatic carbocycles. The van der Waals surface area contributed by atoms with Crippen molar-refractivity contribution in [3.8, 4) is 0 Å². The van der Waals surface area contributed by atoms with Crippen molar-refractivity contribution in [2.75, 3.05) is 48.0 Å². The SMILES string of the molecule is CN(C)C1CCN(c2cc(C(=O)Nc3ccc(F)c(NC(=O)c4csc5c(NC6CC6)ncnc45)c3)cc(C(F)(F)F)c2)C1. The molecule has 2 aliphatic rings. The van der Waals surface area contributed by atoms with E-state index in [4.69, 9.17) is 0 Å². The van der Waals surface area contributed by atoms with E-state index in [-0.39, 0.29) is 28.5 Å². The second kappa shape index (κ2) is 11.7. The second-order valence-corrected chi connectivity index (χ2v) is 12.1. The lowest BCUT2D eigenvalue weighted by Gasteiger charge is -2.23. The first-order valence-corrected chi connectivity index (χ1v) is 14.9. The van der Waals surface area contributed by atoms with Crippen LogP contribution >= 0.6 is 11.3 Å². The number of carbonyl (C=O) groups is 2. The van der Waals surface area contributed by atoms with Crippen LogP contribution in [0, 0.1) is 5.82 Å². The average Bonchev–Trinajstić information content (AvgIpc) is 3.46. The molecule has 1 saturated carbocycles. The number of alkyl halides is 3. The van der Waals surface area contributed by atoms with Crippen LogP contribution in [0.4, 0.5) is 40.4 Å². The van der Waals surface area contributed by atoms with Gasteiger partial charge < -0.3 is 25.8 Å². The van der Waals surface area contributed by atoms with Gasteiger partial charge in [-0.05, 0) is 69.8 Å². The van der Waals surface area contributed by atoms with E-state index < -0.39 is 29.4 Å². The van der Waals surface area contributed by atoms with Gasteiger partial charge in [-0.3, -0.25) is 9.59 Å². The quantitative estimate of drug-likeness (QED) is 0.204. The molecule has 3 heterocycles. The van der Waals surface area contributed by atoms with Crippen LogP contribution in [0.2, 0.25) is 0 Å². The molecule has 2 amide bonds. The minimum atomic E-state index is -4.66. The van der Waals surface area contributed by atoms with Gasteiger partial charge in [0.15, 0.2) is 0 Å². The number of carbonyl (C=O) groups excluding carboxylic acids is 2. The maximum absolute atomic E-state index is 14.8. The van der Waals surface area contributed by atoms with Crippen molar-refractivity contribution in [2.45, 2.75) is 37.5 Å². The van der Waals surface area contributed by atoms with Crippen molar-refractivity contribution in [3.63, 3.8) is 0 Å². The lowest BCUT2D eigenvalue weighted by molar-refractivity contribution is -0.137. The number of nitrogens with one attached hydrogen (secondary N) is 3. The molecule has 6 rings (SSSR count). The normalized spacial score (nSPS) is 16.9. The number of hydrogen-bond donors (Lipinski definition) is 3. The molecule has 0 spiro atoms. The molecule has 0 radical (unpaired) electrons. The van der Waals surface area contributed by atoms with Crippen molar-refractivity contribution in [2.24, 2.45) is 0 Å². The predicted octanol–water partition coefficient (Wildman–Crippen LogP) is 6.07. The van der Waals surface area contributed by atoms with E-state index in [1.807, 2.05) is 23.9 Å². The number of thiophene rings is 1. The Labute approximate surface area is 254 Å². The van der Waals surface area contributed by atoms with Crippen molar-refractivity contribution < 1.29 is 27.2 Å². The lowest BCUT2D eigenvalue weighted by atomic mass is 10.1. The third kappa shape index (κ3) is 6.31. The Bertz CT molecular complexity index is 1740. The van der Waals surface area contributed by atoms with Crippen molar-refractivity contribution in [3.05, 3.63) is 70.6 Å². The zero-order valence-electron chi connectivity index (χ0n) is 23.8. The molecular formula is C30H29F4N7O2S. The van der Waals surface area contributed by atoms with E-state index >= 15 is 0 Å². The standard InChI is InChI=1S/C30H29F4N7O2S/c1-40(2)20-7-8-41(13-20)21-10-16(9-17(11-21)30(32,33)34)28(42)38-19-5-6-23(31)24(12-19)39-29(43)22-14-44-26-25(22)35-15-36-27(26)37-18-3-4-18/h5-6,9-12,14-15,18,20H,3-4,7-8,13H2,1-2H3,(H,38,42)(H,39,43)(H,35,36,37). The van der Waals surface area contributed by atoms with Crippen LogP contribution in [0.5, 0.6) is 0 Å². The van der Waals surface area contributed by atoms with Gasteiger partial charge in [0.1, 0.15) is 18.0 Å². The third-order valence-electron chi connectivity index (χ3n) is 7.75. The number of aromatic nitrogens is 2. The molecule has 1 atom stereocenters. The van der Waals surface area contributed by atoms with Crippen molar-refractivity contribution in [1.82, 2.24) is 14.9 Å². The van der Waals surface area contributed by atoms with Crippen molar-refractivity contribution in [1.29, 1.82) is 0 Å². The fourth-order valence-corrected chi connectivity index (χ4v) is 6.07. The Hall–Kier alpha value is -4.30. The van der Waals surface area contributed by atoms with Crippen molar-refractivity contribution >= 4 is 56.2 Å². The highest BCUT2D eigenvalue weighted by Gasteiger charge is 2.34. The highest BCUT2D eigenvalue weighted by molar-refractivity contribution is 7.18. The number of likely N-dealkylation sites (N-methyl/N-ethyl adjacent to an activating group) is 1. The topological polar surface area (TPSA) is 102 Å². The number of benzene rings is 2. The predicted molar refractivity (Wildman–Crippen MR) is 162 cm³/mol. The third-order valence-corrected chi connectivity index (χ3v) is 8.73. The van der Waals surface area contributed by atoms with Crippen LogP contribution in [0.1, 0.15) is 45.5 Å². The van der Waals surface area contributed by atoms with Gasteiger partial charge in [-0.15, -0.1) is 11.3 Å². The number of nitrogens with zero attached hydrogens (tertiary/aromatic N) is 4. The summed E-state index contributed by atoms with van der Waals surface area (Å²) in [5.74, 6) is -1.54. The summed E-state index contributed by atoms with van der Waals surface area (Å²) in [5.41, 5.74) is -0.313. The van der Waals surface area contributed by atoms with Crippen LogP contribution in [0.15, 0.2) is 48.1 Å². The fourth-order valence-electron chi connectivity index (χ4n) is 5.11. The number of amides is 2. The zero-order chi connectivity index (χ0) is 31.2. The highest BCUT2D eigenvalue weighted by Crippen LogP contribution is 2.35. The van der Waals surface area contributed by atoms with Crippen LogP contribution < -0.4 is 20.9 Å². The summed E-state index contributed by atoms with van der Waals surface area (Å²) in [6.45, 7) is 1.08. The summed E-state index contributed by atoms with van der Waals surface area (Å²) < 4.78 is 56.8. The molecule has 1 saturated heterocycles. The molecule has 3 N–H and O–H groups in total. The van der Waals surface area contributed by atoms with Gasteiger partial charge in [0.05, 0.1) is 27.0 Å². The molecule has 1 aliphatic heterocycles. The van der Waals surface area contributed by atoms with E-state index in [2.05, 4.69) is 25.9 Å². The van der Waals surface area contributed by atoms with Gasteiger partial charge in [-0.1, -0.05) is 0 Å². The minimum Gasteiger partial charge on any atom is -0.370 e. The number of halogens is 4. The molecule has 0 bridgehead atoms. The van der Waals surface area contributed by atoms with Crippen LogP contribution in [0.3, 0.4) is 0 Å². The monoisotopic (exact) mass is 627 g/mol. The van der Waals surface area contributed by atoms with E-state index in [1.54, 1.807) is 5.38 Å². The first kappa shape index (κ1) is 29.8. The van der Waals surface area contributed by atoms with Gasteiger partial charge in [-0.2, -0.15) is 13.2 Å². The average molecular weight is 628 g/mol. The summed E-state index contributed by atoms with van der Waals surface area (Å²) in [6.07, 6.45) is -0.440. The lowest BCUT2D eigenvalue weighted by Crippen LogP contribution is -2.31. The van der Waals surface area contributed by atoms with E-state index in [0.717, 1.165) is 37.5 Å². The largest absolute Gasteiger partial charge is 0.416 e. The Morgan fingerprint density at radius 3 is 2.52 bits per heavy atom.